The molecular formula is C25H26N4O3S. The lowest BCUT2D eigenvalue weighted by Gasteiger charge is -2.34. The van der Waals surface area contributed by atoms with E-state index in [0.717, 1.165) is 35.0 Å². The summed E-state index contributed by atoms with van der Waals surface area (Å²) in [4.78, 5) is 36.3. The van der Waals surface area contributed by atoms with Crippen LogP contribution in [0.2, 0.25) is 0 Å². The molecule has 33 heavy (non-hydrogen) atoms. The molecule has 2 aliphatic heterocycles. The Hall–Kier alpha value is -3.23. The van der Waals surface area contributed by atoms with E-state index in [0.29, 0.717) is 38.4 Å². The minimum atomic E-state index is -0.0631. The summed E-state index contributed by atoms with van der Waals surface area (Å²) in [5, 5.41) is 2.58. The molecule has 0 spiro atoms. The number of aromatic nitrogens is 1. The second kappa shape index (κ2) is 9.33. The SMILES string of the molecule is COc1ccccc1-c1nc(C(=O)N2CCN(CC(=O)N3CCc4ccccc43)CC2)cs1. The van der Waals surface area contributed by atoms with Crippen LogP contribution in [0.25, 0.3) is 10.6 Å². The van der Waals surface area contributed by atoms with Gasteiger partial charge >= 0.3 is 0 Å². The molecule has 7 nitrogen and oxygen atoms in total. The molecule has 0 N–H and O–H groups in total. The summed E-state index contributed by atoms with van der Waals surface area (Å²) in [6.45, 7) is 3.65. The Labute approximate surface area is 197 Å². The number of carbonyl (C=O) groups is 2. The Balaban J connectivity index is 1.18. The zero-order valence-electron chi connectivity index (χ0n) is 18.6. The zero-order valence-corrected chi connectivity index (χ0v) is 19.4. The van der Waals surface area contributed by atoms with Crippen molar-refractivity contribution < 1.29 is 14.3 Å². The molecule has 8 heteroatoms. The van der Waals surface area contributed by atoms with E-state index >= 15 is 0 Å². The second-order valence-electron chi connectivity index (χ2n) is 8.23. The third-order valence-corrected chi connectivity index (χ3v) is 7.14. The van der Waals surface area contributed by atoms with Crippen molar-refractivity contribution in [1.82, 2.24) is 14.8 Å². The van der Waals surface area contributed by atoms with Crippen LogP contribution in [0.4, 0.5) is 5.69 Å². The van der Waals surface area contributed by atoms with Gasteiger partial charge in [-0.2, -0.15) is 0 Å². The van der Waals surface area contributed by atoms with Crippen LogP contribution >= 0.6 is 11.3 Å². The molecule has 0 atom stereocenters. The monoisotopic (exact) mass is 462 g/mol. The Bertz CT molecular complexity index is 1170. The van der Waals surface area contributed by atoms with Gasteiger partial charge in [0.2, 0.25) is 5.91 Å². The lowest BCUT2D eigenvalue weighted by molar-refractivity contribution is -0.120. The molecule has 5 rings (SSSR count). The number of thiazole rings is 1. The first-order chi connectivity index (χ1) is 16.1. The number of amides is 2. The van der Waals surface area contributed by atoms with E-state index in [9.17, 15) is 9.59 Å². The van der Waals surface area contributed by atoms with Crippen LogP contribution in [0.3, 0.4) is 0 Å². The van der Waals surface area contributed by atoms with Crippen molar-refractivity contribution >= 4 is 28.8 Å². The fourth-order valence-electron chi connectivity index (χ4n) is 4.46. The van der Waals surface area contributed by atoms with Gasteiger partial charge in [0.1, 0.15) is 16.5 Å². The molecule has 0 unspecified atom stereocenters. The van der Waals surface area contributed by atoms with Crippen LogP contribution in [0.1, 0.15) is 16.1 Å². The summed E-state index contributed by atoms with van der Waals surface area (Å²) < 4.78 is 5.42. The van der Waals surface area contributed by atoms with Crippen LogP contribution in [-0.2, 0) is 11.2 Å². The highest BCUT2D eigenvalue weighted by Crippen LogP contribution is 2.32. The number of piperazine rings is 1. The van der Waals surface area contributed by atoms with Crippen LogP contribution < -0.4 is 9.64 Å². The largest absolute Gasteiger partial charge is 0.496 e. The van der Waals surface area contributed by atoms with Gasteiger partial charge in [-0.3, -0.25) is 14.5 Å². The maximum absolute atomic E-state index is 13.0. The van der Waals surface area contributed by atoms with Gasteiger partial charge < -0.3 is 14.5 Å². The highest BCUT2D eigenvalue weighted by atomic mass is 32.1. The summed E-state index contributed by atoms with van der Waals surface area (Å²) in [6.07, 6.45) is 0.911. The van der Waals surface area contributed by atoms with Gasteiger partial charge in [-0.15, -0.1) is 11.3 Å². The molecule has 2 aromatic carbocycles. The van der Waals surface area contributed by atoms with Crippen LogP contribution in [0.5, 0.6) is 5.75 Å². The number of ether oxygens (including phenoxy) is 1. The molecule has 2 aliphatic rings. The van der Waals surface area contributed by atoms with E-state index in [-0.39, 0.29) is 11.8 Å². The Morgan fingerprint density at radius 1 is 1.00 bits per heavy atom. The lowest BCUT2D eigenvalue weighted by Crippen LogP contribution is -2.51. The van der Waals surface area contributed by atoms with Crippen molar-refractivity contribution in [3.63, 3.8) is 0 Å². The molecular weight excluding hydrogens is 436 g/mol. The number of fused-ring (bicyclic) bond motifs is 1. The molecule has 0 radical (unpaired) electrons. The predicted octanol–water partition coefficient (Wildman–Crippen LogP) is 3.17. The number of nitrogens with zero attached hydrogens (tertiary/aromatic N) is 4. The van der Waals surface area contributed by atoms with E-state index in [1.165, 1.54) is 16.9 Å². The van der Waals surface area contributed by atoms with Gasteiger partial charge in [0, 0.05) is 43.8 Å². The number of para-hydroxylation sites is 2. The summed E-state index contributed by atoms with van der Waals surface area (Å²) in [6, 6.07) is 15.8. The van der Waals surface area contributed by atoms with Gasteiger partial charge in [-0.1, -0.05) is 30.3 Å². The minimum Gasteiger partial charge on any atom is -0.496 e. The Kier molecular flexibility index (Phi) is 6.11. The van der Waals surface area contributed by atoms with Crippen LogP contribution in [0.15, 0.2) is 53.9 Å². The Morgan fingerprint density at radius 2 is 1.76 bits per heavy atom. The summed E-state index contributed by atoms with van der Waals surface area (Å²) >= 11 is 1.44. The molecule has 1 saturated heterocycles. The molecule has 3 aromatic rings. The van der Waals surface area contributed by atoms with Gasteiger partial charge in [-0.05, 0) is 30.2 Å². The number of benzene rings is 2. The first-order valence-corrected chi connectivity index (χ1v) is 12.0. The lowest BCUT2D eigenvalue weighted by atomic mass is 10.2. The first kappa shape index (κ1) is 21.6. The van der Waals surface area contributed by atoms with Crippen molar-refractivity contribution in [2.45, 2.75) is 6.42 Å². The van der Waals surface area contributed by atoms with Crippen molar-refractivity contribution in [3.8, 4) is 16.3 Å². The summed E-state index contributed by atoms with van der Waals surface area (Å²) in [5.41, 5.74) is 3.61. The second-order valence-corrected chi connectivity index (χ2v) is 9.09. The van der Waals surface area contributed by atoms with Crippen LogP contribution in [-0.4, -0.2) is 73.0 Å². The first-order valence-electron chi connectivity index (χ1n) is 11.1. The molecule has 1 aromatic heterocycles. The van der Waals surface area contributed by atoms with Crippen molar-refractivity contribution in [1.29, 1.82) is 0 Å². The van der Waals surface area contributed by atoms with E-state index in [2.05, 4.69) is 16.0 Å². The molecule has 2 amide bonds. The van der Waals surface area contributed by atoms with E-state index in [1.807, 2.05) is 57.6 Å². The number of hydrogen-bond acceptors (Lipinski definition) is 6. The number of carbonyl (C=O) groups excluding carboxylic acids is 2. The van der Waals surface area contributed by atoms with Crippen molar-refractivity contribution in [2.75, 3.05) is 51.3 Å². The van der Waals surface area contributed by atoms with Gasteiger partial charge in [-0.25, -0.2) is 4.98 Å². The average Bonchev–Trinajstić information content (AvgIpc) is 3.52. The van der Waals surface area contributed by atoms with Crippen LogP contribution in [0, 0.1) is 0 Å². The fourth-order valence-corrected chi connectivity index (χ4v) is 5.29. The smallest absolute Gasteiger partial charge is 0.273 e. The molecule has 170 valence electrons. The fraction of sp³-hybridized carbons (Fsp3) is 0.320. The standard InChI is InChI=1S/C25H26N4O3S/c1-32-22-9-5-3-7-19(22)24-26-20(17-33-24)25(31)28-14-12-27(13-15-28)16-23(30)29-11-10-18-6-2-4-8-21(18)29/h2-9,17H,10-16H2,1H3. The minimum absolute atomic E-state index is 0.0631. The quantitative estimate of drug-likeness (QED) is 0.583. The van der Waals surface area contributed by atoms with E-state index < -0.39 is 0 Å². The number of hydrogen-bond donors (Lipinski definition) is 0. The third-order valence-electron chi connectivity index (χ3n) is 6.27. The molecule has 0 bridgehead atoms. The normalized spacial score (nSPS) is 16.0. The predicted molar refractivity (Wildman–Crippen MR) is 129 cm³/mol. The van der Waals surface area contributed by atoms with Crippen molar-refractivity contribution in [2.24, 2.45) is 0 Å². The van der Waals surface area contributed by atoms with Crippen molar-refractivity contribution in [3.05, 3.63) is 65.2 Å². The molecule has 0 saturated carbocycles. The summed E-state index contributed by atoms with van der Waals surface area (Å²) in [5.74, 6) is 0.803. The summed E-state index contributed by atoms with van der Waals surface area (Å²) in [7, 11) is 1.63. The van der Waals surface area contributed by atoms with Gasteiger partial charge in [0.25, 0.3) is 5.91 Å². The van der Waals surface area contributed by atoms with Gasteiger partial charge in [0.15, 0.2) is 0 Å². The molecule has 0 aliphatic carbocycles. The van der Waals surface area contributed by atoms with Gasteiger partial charge in [0.05, 0.1) is 19.2 Å². The zero-order chi connectivity index (χ0) is 22.8. The number of methoxy groups -OCH3 is 1. The Morgan fingerprint density at radius 3 is 2.58 bits per heavy atom. The average molecular weight is 463 g/mol. The maximum Gasteiger partial charge on any atom is 0.273 e. The highest BCUT2D eigenvalue weighted by molar-refractivity contribution is 7.13. The maximum atomic E-state index is 13.0. The van der Waals surface area contributed by atoms with E-state index in [4.69, 9.17) is 4.74 Å². The molecule has 3 heterocycles. The molecule has 1 fully saturated rings. The van der Waals surface area contributed by atoms with E-state index in [1.54, 1.807) is 7.11 Å². The topological polar surface area (TPSA) is 66.0 Å². The number of anilines is 1. The highest BCUT2D eigenvalue weighted by Gasteiger charge is 2.29. The number of rotatable bonds is 5. The third kappa shape index (κ3) is 4.36.